The van der Waals surface area contributed by atoms with E-state index in [4.69, 9.17) is 9.63 Å². The van der Waals surface area contributed by atoms with Crippen molar-refractivity contribution in [1.29, 1.82) is 0 Å². The summed E-state index contributed by atoms with van der Waals surface area (Å²) >= 11 is 0. The summed E-state index contributed by atoms with van der Waals surface area (Å²) in [6.45, 7) is 3.54. The van der Waals surface area contributed by atoms with E-state index in [0.29, 0.717) is 12.3 Å². The van der Waals surface area contributed by atoms with Gasteiger partial charge in [-0.25, -0.2) is 0 Å². The highest BCUT2D eigenvalue weighted by Crippen LogP contribution is 2.39. The Hall–Kier alpha value is -1.85. The average molecular weight is 266 g/mol. The van der Waals surface area contributed by atoms with Crippen LogP contribution in [0.4, 0.5) is 0 Å². The number of aliphatic carboxylic acids is 1. The van der Waals surface area contributed by atoms with E-state index >= 15 is 0 Å². The van der Waals surface area contributed by atoms with Crippen molar-refractivity contribution >= 4 is 11.9 Å². The Balaban J connectivity index is 1.82. The molecule has 104 valence electrons. The number of amides is 1. The molecule has 1 fully saturated rings. The van der Waals surface area contributed by atoms with E-state index < -0.39 is 11.4 Å². The lowest BCUT2D eigenvalue weighted by molar-refractivity contribution is -0.147. The quantitative estimate of drug-likeness (QED) is 0.818. The summed E-state index contributed by atoms with van der Waals surface area (Å²) in [4.78, 5) is 22.7. The fraction of sp³-hybridized carbons (Fsp3) is 0.615. The first-order valence-electron chi connectivity index (χ1n) is 6.38. The lowest BCUT2D eigenvalue weighted by atomic mass is 9.90. The highest BCUT2D eigenvalue weighted by molar-refractivity contribution is 5.91. The zero-order chi connectivity index (χ0) is 14.0. The highest BCUT2D eigenvalue weighted by atomic mass is 16.5. The van der Waals surface area contributed by atoms with Gasteiger partial charge in [-0.1, -0.05) is 5.16 Å². The number of carbonyl (C=O) groups excluding carboxylic acids is 1. The van der Waals surface area contributed by atoms with Crippen LogP contribution in [0.5, 0.6) is 0 Å². The summed E-state index contributed by atoms with van der Waals surface area (Å²) in [5.41, 5.74) is -0.0237. The molecule has 1 aromatic rings. The van der Waals surface area contributed by atoms with Crippen molar-refractivity contribution in [3.05, 3.63) is 17.5 Å². The molecule has 0 spiro atoms. The van der Waals surface area contributed by atoms with Crippen LogP contribution in [0.1, 0.15) is 55.3 Å². The van der Waals surface area contributed by atoms with Gasteiger partial charge in [0.05, 0.1) is 11.1 Å². The third-order valence-corrected chi connectivity index (χ3v) is 3.36. The minimum absolute atomic E-state index is 0.190. The predicted octanol–water partition coefficient (Wildman–Crippen LogP) is 1.78. The van der Waals surface area contributed by atoms with Crippen molar-refractivity contribution in [3.8, 4) is 0 Å². The normalized spacial score (nSPS) is 15.3. The Kier molecular flexibility index (Phi) is 3.59. The first-order chi connectivity index (χ1) is 8.90. The molecule has 0 radical (unpaired) electrons. The molecule has 0 atom stereocenters. The molecule has 1 aliphatic carbocycles. The lowest BCUT2D eigenvalue weighted by Gasteiger charge is -2.18. The number of carboxylic acid groups (broad SMARTS) is 1. The molecule has 1 saturated carbocycles. The smallest absolute Gasteiger partial charge is 0.309 e. The van der Waals surface area contributed by atoms with Crippen molar-refractivity contribution in [1.82, 2.24) is 10.5 Å². The molecule has 19 heavy (non-hydrogen) atoms. The zero-order valence-electron chi connectivity index (χ0n) is 11.1. The van der Waals surface area contributed by atoms with Crippen LogP contribution < -0.4 is 5.32 Å². The van der Waals surface area contributed by atoms with Crippen LogP contribution in [0, 0.1) is 5.41 Å². The molecule has 6 nitrogen and oxygen atoms in total. The molecule has 1 amide bonds. The number of rotatable bonds is 6. The summed E-state index contributed by atoms with van der Waals surface area (Å²) in [5, 5.41) is 15.5. The predicted molar refractivity (Wildman–Crippen MR) is 66.8 cm³/mol. The van der Waals surface area contributed by atoms with Gasteiger partial charge in [-0.05, 0) is 33.1 Å². The van der Waals surface area contributed by atoms with Crippen LogP contribution in [0.25, 0.3) is 0 Å². The Morgan fingerprint density at radius 2 is 2.21 bits per heavy atom. The summed E-state index contributed by atoms with van der Waals surface area (Å²) in [7, 11) is 0. The van der Waals surface area contributed by atoms with Crippen molar-refractivity contribution in [3.63, 3.8) is 0 Å². The van der Waals surface area contributed by atoms with Gasteiger partial charge >= 0.3 is 5.97 Å². The fourth-order valence-electron chi connectivity index (χ4n) is 1.65. The van der Waals surface area contributed by atoms with E-state index in [9.17, 15) is 9.59 Å². The zero-order valence-corrected chi connectivity index (χ0v) is 11.1. The number of aromatic nitrogens is 1. The van der Waals surface area contributed by atoms with Gasteiger partial charge in [0.15, 0.2) is 0 Å². The van der Waals surface area contributed by atoms with Gasteiger partial charge < -0.3 is 14.9 Å². The van der Waals surface area contributed by atoms with Crippen LogP contribution in [0.2, 0.25) is 0 Å². The molecule has 0 saturated heterocycles. The van der Waals surface area contributed by atoms with E-state index in [1.165, 1.54) is 0 Å². The van der Waals surface area contributed by atoms with Gasteiger partial charge in [0, 0.05) is 18.5 Å². The number of nitrogens with zero attached hydrogens (tertiary/aromatic N) is 1. The van der Waals surface area contributed by atoms with Crippen molar-refractivity contribution in [2.75, 3.05) is 6.54 Å². The molecule has 1 aliphatic rings. The first-order valence-corrected chi connectivity index (χ1v) is 6.38. The Morgan fingerprint density at radius 3 is 2.79 bits per heavy atom. The molecule has 0 unspecified atom stereocenters. The molecular weight excluding hydrogens is 248 g/mol. The first kappa shape index (κ1) is 13.6. The maximum atomic E-state index is 11.8. The van der Waals surface area contributed by atoms with Crippen molar-refractivity contribution in [2.45, 2.75) is 39.0 Å². The van der Waals surface area contributed by atoms with Gasteiger partial charge in [-0.2, -0.15) is 0 Å². The van der Waals surface area contributed by atoms with Crippen LogP contribution in [0.15, 0.2) is 10.6 Å². The van der Waals surface area contributed by atoms with Crippen LogP contribution in [-0.4, -0.2) is 28.7 Å². The molecule has 2 rings (SSSR count). The SMILES string of the molecule is CC(C)(CCNC(=O)c1cc(C2CC2)no1)C(=O)O. The molecule has 1 aromatic heterocycles. The standard InChI is InChI=1S/C13H18N2O4/c1-13(2,12(17)18)5-6-14-11(16)10-7-9(15-19-10)8-3-4-8/h7-8H,3-6H2,1-2H3,(H,14,16)(H,17,18). The van der Waals surface area contributed by atoms with E-state index in [1.807, 2.05) is 0 Å². The molecule has 0 aromatic carbocycles. The minimum Gasteiger partial charge on any atom is -0.481 e. The van der Waals surface area contributed by atoms with Crippen molar-refractivity contribution in [2.24, 2.45) is 5.41 Å². The number of nitrogens with one attached hydrogen (secondary N) is 1. The van der Waals surface area contributed by atoms with Gasteiger partial charge in [0.2, 0.25) is 5.76 Å². The summed E-state index contributed by atoms with van der Waals surface area (Å²) in [6, 6.07) is 1.66. The van der Waals surface area contributed by atoms with Gasteiger partial charge in [-0.3, -0.25) is 9.59 Å². The van der Waals surface area contributed by atoms with E-state index in [1.54, 1.807) is 19.9 Å². The molecule has 2 N–H and O–H groups in total. The maximum Gasteiger partial charge on any atom is 0.309 e. The van der Waals surface area contributed by atoms with Gasteiger partial charge in [0.1, 0.15) is 0 Å². The monoisotopic (exact) mass is 266 g/mol. The van der Waals surface area contributed by atoms with Crippen LogP contribution in [0.3, 0.4) is 0 Å². The second-order valence-electron chi connectivity index (χ2n) is 5.59. The fourth-order valence-corrected chi connectivity index (χ4v) is 1.65. The third kappa shape index (κ3) is 3.33. The summed E-state index contributed by atoms with van der Waals surface area (Å²) in [6.07, 6.45) is 2.55. The lowest BCUT2D eigenvalue weighted by Crippen LogP contribution is -2.31. The molecule has 0 aliphatic heterocycles. The minimum atomic E-state index is -0.877. The highest BCUT2D eigenvalue weighted by Gasteiger charge is 2.29. The number of carbonyl (C=O) groups is 2. The van der Waals surface area contributed by atoms with E-state index in [2.05, 4.69) is 10.5 Å². The number of hydrogen-bond acceptors (Lipinski definition) is 4. The van der Waals surface area contributed by atoms with Crippen LogP contribution >= 0.6 is 0 Å². The number of hydrogen-bond donors (Lipinski definition) is 2. The van der Waals surface area contributed by atoms with Gasteiger partial charge in [0.25, 0.3) is 5.91 Å². The topological polar surface area (TPSA) is 92.4 Å². The largest absolute Gasteiger partial charge is 0.481 e. The number of carboxylic acids is 1. The summed E-state index contributed by atoms with van der Waals surface area (Å²) < 4.78 is 4.98. The maximum absolute atomic E-state index is 11.8. The van der Waals surface area contributed by atoms with E-state index in [0.717, 1.165) is 18.5 Å². The van der Waals surface area contributed by atoms with Crippen molar-refractivity contribution < 1.29 is 19.2 Å². The average Bonchev–Trinajstić information content (AvgIpc) is 3.06. The molecular formula is C13H18N2O4. The Labute approximate surface area is 111 Å². The second-order valence-corrected chi connectivity index (χ2v) is 5.59. The van der Waals surface area contributed by atoms with Crippen LogP contribution in [-0.2, 0) is 4.79 Å². The summed E-state index contributed by atoms with van der Waals surface area (Å²) in [5.74, 6) is -0.593. The molecule has 6 heteroatoms. The third-order valence-electron chi connectivity index (χ3n) is 3.36. The second kappa shape index (κ2) is 5.03. The Morgan fingerprint density at radius 1 is 1.53 bits per heavy atom. The Bertz CT molecular complexity index is 489. The molecule has 1 heterocycles. The molecule has 0 bridgehead atoms. The van der Waals surface area contributed by atoms with Gasteiger partial charge in [-0.15, -0.1) is 0 Å². The van der Waals surface area contributed by atoms with E-state index in [-0.39, 0.29) is 18.2 Å².